The van der Waals surface area contributed by atoms with Crippen molar-refractivity contribution in [1.29, 1.82) is 0 Å². The number of rotatable bonds is 7. The molecule has 0 aliphatic rings. The maximum Gasteiger partial charge on any atom is 0.234 e. The van der Waals surface area contributed by atoms with Crippen LogP contribution in [-0.2, 0) is 4.79 Å². The zero-order valence-corrected chi connectivity index (χ0v) is 10.7. The molecule has 18 heavy (non-hydrogen) atoms. The molecule has 0 saturated heterocycles. The Labute approximate surface area is 106 Å². The number of halogens is 1. The Balaban J connectivity index is 2.47. The van der Waals surface area contributed by atoms with Crippen molar-refractivity contribution in [2.24, 2.45) is 5.73 Å². The van der Waals surface area contributed by atoms with Crippen LogP contribution in [0.2, 0.25) is 0 Å². The van der Waals surface area contributed by atoms with Crippen LogP contribution >= 0.6 is 0 Å². The molecule has 0 spiro atoms. The number of nitrogens with one attached hydrogen (secondary N) is 1. The van der Waals surface area contributed by atoms with Gasteiger partial charge >= 0.3 is 0 Å². The summed E-state index contributed by atoms with van der Waals surface area (Å²) in [6.45, 7) is 4.70. The maximum absolute atomic E-state index is 12.9. The fourth-order valence-electron chi connectivity index (χ4n) is 1.65. The second-order valence-electron chi connectivity index (χ2n) is 4.06. The average molecular weight is 254 g/mol. The Hall–Kier alpha value is -1.62. The van der Waals surface area contributed by atoms with Crippen LogP contribution in [-0.4, -0.2) is 25.1 Å². The fraction of sp³-hybridized carbons (Fsp3) is 0.462. The van der Waals surface area contributed by atoms with Crippen molar-refractivity contribution >= 4 is 5.91 Å². The quantitative estimate of drug-likeness (QED) is 0.772. The molecule has 0 aliphatic heterocycles. The average Bonchev–Trinajstić information content (AvgIpc) is 2.30. The highest BCUT2D eigenvalue weighted by molar-refractivity contribution is 5.79. The normalized spacial score (nSPS) is 12.2. The minimum absolute atomic E-state index is 0.289. The SMILES string of the molecule is CCNC(CCOc1ccc(F)cc1C)C(N)=O. The molecule has 100 valence electrons. The van der Waals surface area contributed by atoms with Gasteiger partial charge in [0.05, 0.1) is 12.6 Å². The van der Waals surface area contributed by atoms with E-state index in [2.05, 4.69) is 5.32 Å². The molecule has 1 amide bonds. The minimum Gasteiger partial charge on any atom is -0.493 e. The Morgan fingerprint density at radius 2 is 2.28 bits per heavy atom. The highest BCUT2D eigenvalue weighted by atomic mass is 19.1. The van der Waals surface area contributed by atoms with Gasteiger partial charge in [0.2, 0.25) is 5.91 Å². The summed E-state index contributed by atoms with van der Waals surface area (Å²) in [5.41, 5.74) is 5.98. The molecule has 0 bridgehead atoms. The molecule has 0 aromatic heterocycles. The van der Waals surface area contributed by atoms with Gasteiger partial charge in [0.25, 0.3) is 0 Å². The van der Waals surface area contributed by atoms with Gasteiger partial charge in [-0.3, -0.25) is 4.79 Å². The number of benzene rings is 1. The van der Waals surface area contributed by atoms with Crippen LogP contribution in [0.1, 0.15) is 18.9 Å². The first kappa shape index (κ1) is 14.4. The van der Waals surface area contributed by atoms with E-state index in [4.69, 9.17) is 10.5 Å². The number of hydrogen-bond acceptors (Lipinski definition) is 3. The molecule has 1 aromatic carbocycles. The Morgan fingerprint density at radius 1 is 1.56 bits per heavy atom. The third kappa shape index (κ3) is 4.33. The van der Waals surface area contributed by atoms with E-state index in [0.29, 0.717) is 25.3 Å². The molecule has 0 saturated carbocycles. The molecule has 1 atom stereocenters. The first-order chi connectivity index (χ1) is 8.54. The van der Waals surface area contributed by atoms with Gasteiger partial charge in [-0.25, -0.2) is 4.39 Å². The zero-order valence-electron chi connectivity index (χ0n) is 10.7. The number of aryl methyl sites for hydroxylation is 1. The molecule has 0 fully saturated rings. The molecule has 0 heterocycles. The van der Waals surface area contributed by atoms with Gasteiger partial charge < -0.3 is 15.8 Å². The van der Waals surface area contributed by atoms with Crippen LogP contribution in [0.5, 0.6) is 5.75 Å². The Bertz CT molecular complexity index is 410. The van der Waals surface area contributed by atoms with Gasteiger partial charge in [-0.1, -0.05) is 6.92 Å². The molecule has 0 aliphatic carbocycles. The van der Waals surface area contributed by atoms with Gasteiger partial charge in [-0.05, 0) is 37.2 Å². The molecule has 5 heteroatoms. The van der Waals surface area contributed by atoms with Crippen molar-refractivity contribution in [3.05, 3.63) is 29.6 Å². The Kier molecular flexibility index (Phi) is 5.58. The molecular formula is C13H19FN2O2. The summed E-state index contributed by atoms with van der Waals surface area (Å²) >= 11 is 0. The maximum atomic E-state index is 12.9. The van der Waals surface area contributed by atoms with Crippen molar-refractivity contribution in [1.82, 2.24) is 5.32 Å². The second-order valence-corrected chi connectivity index (χ2v) is 4.06. The van der Waals surface area contributed by atoms with Crippen LogP contribution < -0.4 is 15.8 Å². The molecule has 4 nitrogen and oxygen atoms in total. The first-order valence-corrected chi connectivity index (χ1v) is 5.96. The number of amides is 1. The van der Waals surface area contributed by atoms with E-state index >= 15 is 0 Å². The number of primary amides is 1. The highest BCUT2D eigenvalue weighted by Crippen LogP contribution is 2.18. The number of ether oxygens (including phenoxy) is 1. The lowest BCUT2D eigenvalue weighted by atomic mass is 10.2. The van der Waals surface area contributed by atoms with Crippen molar-refractivity contribution < 1.29 is 13.9 Å². The van der Waals surface area contributed by atoms with E-state index in [1.807, 2.05) is 6.92 Å². The third-order valence-electron chi connectivity index (χ3n) is 2.60. The van der Waals surface area contributed by atoms with Crippen LogP contribution in [0, 0.1) is 12.7 Å². The molecule has 3 N–H and O–H groups in total. The minimum atomic E-state index is -0.393. The van der Waals surface area contributed by atoms with E-state index in [-0.39, 0.29) is 5.82 Å². The lowest BCUT2D eigenvalue weighted by Gasteiger charge is -2.15. The molecule has 1 unspecified atom stereocenters. The van der Waals surface area contributed by atoms with Gasteiger partial charge in [-0.2, -0.15) is 0 Å². The van der Waals surface area contributed by atoms with E-state index in [9.17, 15) is 9.18 Å². The number of likely N-dealkylation sites (N-methyl/N-ethyl adjacent to an activating group) is 1. The first-order valence-electron chi connectivity index (χ1n) is 5.96. The standard InChI is InChI=1S/C13H19FN2O2/c1-3-16-11(13(15)17)6-7-18-12-5-4-10(14)8-9(12)2/h4-5,8,11,16H,3,6-7H2,1-2H3,(H2,15,17). The van der Waals surface area contributed by atoms with Crippen molar-refractivity contribution in [2.75, 3.05) is 13.2 Å². The van der Waals surface area contributed by atoms with Gasteiger partial charge in [0, 0.05) is 6.42 Å². The smallest absolute Gasteiger partial charge is 0.234 e. The summed E-state index contributed by atoms with van der Waals surface area (Å²) in [7, 11) is 0. The van der Waals surface area contributed by atoms with Crippen molar-refractivity contribution in [2.45, 2.75) is 26.3 Å². The van der Waals surface area contributed by atoms with E-state index in [1.165, 1.54) is 12.1 Å². The van der Waals surface area contributed by atoms with Gasteiger partial charge in [0.1, 0.15) is 11.6 Å². The largest absolute Gasteiger partial charge is 0.493 e. The number of carbonyl (C=O) groups is 1. The predicted molar refractivity (Wildman–Crippen MR) is 67.9 cm³/mol. The van der Waals surface area contributed by atoms with Crippen LogP contribution in [0.3, 0.4) is 0 Å². The fourth-order valence-corrected chi connectivity index (χ4v) is 1.65. The number of carbonyl (C=O) groups excluding carboxylic acids is 1. The van der Waals surface area contributed by atoms with E-state index < -0.39 is 11.9 Å². The summed E-state index contributed by atoms with van der Waals surface area (Å²) in [6, 6.07) is 3.94. The summed E-state index contributed by atoms with van der Waals surface area (Å²) < 4.78 is 18.4. The topological polar surface area (TPSA) is 64.3 Å². The summed E-state index contributed by atoms with van der Waals surface area (Å²) in [4.78, 5) is 11.1. The summed E-state index contributed by atoms with van der Waals surface area (Å²) in [5.74, 6) is -0.0603. The Morgan fingerprint density at radius 3 is 2.83 bits per heavy atom. The van der Waals surface area contributed by atoms with Crippen LogP contribution in [0.25, 0.3) is 0 Å². The summed E-state index contributed by atoms with van der Waals surface area (Å²) in [6.07, 6.45) is 0.486. The van der Waals surface area contributed by atoms with Gasteiger partial charge in [-0.15, -0.1) is 0 Å². The van der Waals surface area contributed by atoms with Crippen LogP contribution in [0.4, 0.5) is 4.39 Å². The second kappa shape index (κ2) is 6.96. The number of hydrogen-bond donors (Lipinski definition) is 2. The third-order valence-corrected chi connectivity index (χ3v) is 2.60. The van der Waals surface area contributed by atoms with Crippen molar-refractivity contribution in [3.8, 4) is 5.75 Å². The highest BCUT2D eigenvalue weighted by Gasteiger charge is 2.13. The zero-order chi connectivity index (χ0) is 13.5. The van der Waals surface area contributed by atoms with E-state index in [0.717, 1.165) is 5.56 Å². The van der Waals surface area contributed by atoms with Crippen molar-refractivity contribution in [3.63, 3.8) is 0 Å². The van der Waals surface area contributed by atoms with Gasteiger partial charge in [0.15, 0.2) is 0 Å². The predicted octanol–water partition coefficient (Wildman–Crippen LogP) is 1.37. The summed E-state index contributed by atoms with van der Waals surface area (Å²) in [5, 5.41) is 2.98. The monoisotopic (exact) mass is 254 g/mol. The van der Waals surface area contributed by atoms with Crippen LogP contribution in [0.15, 0.2) is 18.2 Å². The molecular weight excluding hydrogens is 235 g/mol. The number of nitrogens with two attached hydrogens (primary N) is 1. The molecule has 1 rings (SSSR count). The molecule has 1 aromatic rings. The molecule has 0 radical (unpaired) electrons. The van der Waals surface area contributed by atoms with E-state index in [1.54, 1.807) is 13.0 Å². The lowest BCUT2D eigenvalue weighted by Crippen LogP contribution is -2.42. The lowest BCUT2D eigenvalue weighted by molar-refractivity contribution is -0.120.